The van der Waals surface area contributed by atoms with E-state index in [-0.39, 0.29) is 0 Å². The molecule has 0 bridgehead atoms. The Labute approximate surface area is 119 Å². The second-order valence-corrected chi connectivity index (χ2v) is 6.14. The predicted octanol–water partition coefficient (Wildman–Crippen LogP) is 2.80. The molecule has 1 saturated carbocycles. The molecule has 1 saturated heterocycles. The van der Waals surface area contributed by atoms with Gasteiger partial charge in [0.1, 0.15) is 0 Å². The van der Waals surface area contributed by atoms with Crippen LogP contribution in [0.25, 0.3) is 0 Å². The van der Waals surface area contributed by atoms with Crippen molar-refractivity contribution in [3.8, 4) is 0 Å². The summed E-state index contributed by atoms with van der Waals surface area (Å²) >= 11 is 0. The predicted molar refractivity (Wildman–Crippen MR) is 80.6 cm³/mol. The van der Waals surface area contributed by atoms with Crippen molar-refractivity contribution in [3.05, 3.63) is 0 Å². The van der Waals surface area contributed by atoms with E-state index in [9.17, 15) is 0 Å². The Hall–Kier alpha value is -0.120. The Morgan fingerprint density at radius 1 is 1.00 bits per heavy atom. The lowest BCUT2D eigenvalue weighted by Crippen LogP contribution is -2.42. The maximum Gasteiger partial charge on any atom is 0.0599 e. The van der Waals surface area contributed by atoms with E-state index in [4.69, 9.17) is 4.74 Å². The second kappa shape index (κ2) is 8.93. The number of hydrogen-bond donors (Lipinski definition) is 1. The fourth-order valence-corrected chi connectivity index (χ4v) is 3.45. The lowest BCUT2D eigenvalue weighted by atomic mass is 10.1. The van der Waals surface area contributed by atoms with Crippen LogP contribution in [0.15, 0.2) is 0 Å². The van der Waals surface area contributed by atoms with Gasteiger partial charge in [0.25, 0.3) is 0 Å². The van der Waals surface area contributed by atoms with Gasteiger partial charge in [-0.1, -0.05) is 25.7 Å². The van der Waals surface area contributed by atoms with Gasteiger partial charge in [-0.25, -0.2) is 0 Å². The molecule has 3 heteroatoms. The van der Waals surface area contributed by atoms with Crippen LogP contribution in [0.4, 0.5) is 0 Å². The monoisotopic (exact) mass is 268 g/mol. The van der Waals surface area contributed by atoms with E-state index >= 15 is 0 Å². The van der Waals surface area contributed by atoms with Crippen LogP contribution < -0.4 is 5.32 Å². The van der Waals surface area contributed by atoms with Crippen LogP contribution in [0.3, 0.4) is 0 Å². The van der Waals surface area contributed by atoms with Crippen LogP contribution in [-0.2, 0) is 4.74 Å². The Kier molecular flexibility index (Phi) is 7.18. The summed E-state index contributed by atoms with van der Waals surface area (Å²) in [4.78, 5) is 2.60. The SMILES string of the molecule is CCOC1CCN(CCNC2CCCCCC2)CC1. The van der Waals surface area contributed by atoms with E-state index in [1.165, 1.54) is 77.5 Å². The number of piperidine rings is 1. The molecule has 0 aromatic carbocycles. The Bertz CT molecular complexity index is 219. The molecule has 1 heterocycles. The number of rotatable bonds is 6. The van der Waals surface area contributed by atoms with Gasteiger partial charge in [0.2, 0.25) is 0 Å². The van der Waals surface area contributed by atoms with E-state index in [1.807, 2.05) is 0 Å². The molecule has 2 aliphatic rings. The third-order valence-corrected chi connectivity index (χ3v) is 4.65. The van der Waals surface area contributed by atoms with Crippen LogP contribution >= 0.6 is 0 Å². The minimum atomic E-state index is 0.524. The van der Waals surface area contributed by atoms with Gasteiger partial charge in [0.05, 0.1) is 6.10 Å². The fourth-order valence-electron chi connectivity index (χ4n) is 3.45. The first-order valence-electron chi connectivity index (χ1n) is 8.46. The standard InChI is InChI=1S/C16H32N2O/c1-2-19-16-9-12-18(13-10-16)14-11-17-15-7-5-3-4-6-8-15/h15-17H,2-14H2,1H3. The van der Waals surface area contributed by atoms with Crippen molar-refractivity contribution in [1.29, 1.82) is 0 Å². The molecule has 0 spiro atoms. The van der Waals surface area contributed by atoms with Crippen LogP contribution in [-0.4, -0.2) is 49.8 Å². The summed E-state index contributed by atoms with van der Waals surface area (Å²) in [6.07, 6.45) is 11.5. The average molecular weight is 268 g/mol. The first-order valence-corrected chi connectivity index (χ1v) is 8.46. The third kappa shape index (κ3) is 5.80. The van der Waals surface area contributed by atoms with Crippen LogP contribution in [0.2, 0.25) is 0 Å². The molecule has 0 unspecified atom stereocenters. The van der Waals surface area contributed by atoms with Crippen molar-refractivity contribution in [2.45, 2.75) is 70.4 Å². The molecule has 0 amide bonds. The maximum absolute atomic E-state index is 5.70. The number of nitrogens with one attached hydrogen (secondary N) is 1. The number of hydrogen-bond acceptors (Lipinski definition) is 3. The number of ether oxygens (including phenoxy) is 1. The minimum Gasteiger partial charge on any atom is -0.378 e. The van der Waals surface area contributed by atoms with Gasteiger partial charge in [-0.2, -0.15) is 0 Å². The van der Waals surface area contributed by atoms with Gasteiger partial charge in [-0.05, 0) is 32.6 Å². The Morgan fingerprint density at radius 2 is 1.68 bits per heavy atom. The lowest BCUT2D eigenvalue weighted by Gasteiger charge is -2.32. The maximum atomic E-state index is 5.70. The van der Waals surface area contributed by atoms with Gasteiger partial charge in [-0.3, -0.25) is 0 Å². The number of nitrogens with zero attached hydrogens (tertiary/aromatic N) is 1. The summed E-state index contributed by atoms with van der Waals surface area (Å²) < 4.78 is 5.70. The second-order valence-electron chi connectivity index (χ2n) is 6.14. The minimum absolute atomic E-state index is 0.524. The van der Waals surface area contributed by atoms with Crippen LogP contribution in [0.5, 0.6) is 0 Å². The highest BCUT2D eigenvalue weighted by molar-refractivity contribution is 4.75. The topological polar surface area (TPSA) is 24.5 Å². The lowest BCUT2D eigenvalue weighted by molar-refractivity contribution is 0.0144. The quantitative estimate of drug-likeness (QED) is 0.750. The molecule has 0 aromatic rings. The third-order valence-electron chi connectivity index (χ3n) is 4.65. The van der Waals surface area contributed by atoms with E-state index in [0.717, 1.165) is 12.6 Å². The van der Waals surface area contributed by atoms with Crippen molar-refractivity contribution in [3.63, 3.8) is 0 Å². The van der Waals surface area contributed by atoms with Crippen molar-refractivity contribution in [2.24, 2.45) is 0 Å². The molecule has 0 atom stereocenters. The molecule has 1 N–H and O–H groups in total. The summed E-state index contributed by atoms with van der Waals surface area (Å²) in [6.45, 7) is 7.80. The molecular weight excluding hydrogens is 236 g/mol. The first kappa shape index (κ1) is 15.3. The van der Waals surface area contributed by atoms with Gasteiger partial charge < -0.3 is 15.0 Å². The van der Waals surface area contributed by atoms with Crippen molar-refractivity contribution in [2.75, 3.05) is 32.8 Å². The highest BCUT2D eigenvalue weighted by atomic mass is 16.5. The molecular formula is C16H32N2O. The number of likely N-dealkylation sites (tertiary alicyclic amines) is 1. The van der Waals surface area contributed by atoms with Gasteiger partial charge in [-0.15, -0.1) is 0 Å². The van der Waals surface area contributed by atoms with Gasteiger partial charge in [0.15, 0.2) is 0 Å². The van der Waals surface area contributed by atoms with E-state index in [1.54, 1.807) is 0 Å². The fraction of sp³-hybridized carbons (Fsp3) is 1.00. The normalized spacial score (nSPS) is 24.5. The van der Waals surface area contributed by atoms with E-state index in [2.05, 4.69) is 17.1 Å². The summed E-state index contributed by atoms with van der Waals surface area (Å²) in [7, 11) is 0. The summed E-state index contributed by atoms with van der Waals surface area (Å²) in [5, 5.41) is 3.77. The highest BCUT2D eigenvalue weighted by Crippen LogP contribution is 2.17. The Morgan fingerprint density at radius 3 is 2.32 bits per heavy atom. The molecule has 112 valence electrons. The van der Waals surface area contributed by atoms with Crippen LogP contribution in [0.1, 0.15) is 58.3 Å². The van der Waals surface area contributed by atoms with Gasteiger partial charge in [0, 0.05) is 38.8 Å². The molecule has 1 aliphatic carbocycles. The van der Waals surface area contributed by atoms with E-state index < -0.39 is 0 Å². The first-order chi connectivity index (χ1) is 9.38. The molecule has 1 aliphatic heterocycles. The summed E-state index contributed by atoms with van der Waals surface area (Å²) in [5.74, 6) is 0. The molecule has 0 aromatic heterocycles. The highest BCUT2D eigenvalue weighted by Gasteiger charge is 2.19. The zero-order valence-corrected chi connectivity index (χ0v) is 12.7. The smallest absolute Gasteiger partial charge is 0.0599 e. The molecule has 2 fully saturated rings. The van der Waals surface area contributed by atoms with Gasteiger partial charge >= 0.3 is 0 Å². The average Bonchev–Trinajstić information content (AvgIpc) is 2.70. The molecule has 19 heavy (non-hydrogen) atoms. The summed E-state index contributed by atoms with van der Waals surface area (Å²) in [6, 6.07) is 0.795. The van der Waals surface area contributed by atoms with E-state index in [0.29, 0.717) is 6.10 Å². The largest absolute Gasteiger partial charge is 0.378 e. The zero-order chi connectivity index (χ0) is 13.3. The van der Waals surface area contributed by atoms with Crippen molar-refractivity contribution >= 4 is 0 Å². The van der Waals surface area contributed by atoms with Crippen molar-refractivity contribution < 1.29 is 4.74 Å². The van der Waals surface area contributed by atoms with Crippen LogP contribution in [0, 0.1) is 0 Å². The molecule has 0 radical (unpaired) electrons. The van der Waals surface area contributed by atoms with Crippen molar-refractivity contribution in [1.82, 2.24) is 10.2 Å². The molecule has 3 nitrogen and oxygen atoms in total. The Balaban J connectivity index is 1.53. The molecule has 2 rings (SSSR count). The summed E-state index contributed by atoms with van der Waals surface area (Å²) in [5.41, 5.74) is 0. The zero-order valence-electron chi connectivity index (χ0n) is 12.7.